The van der Waals surface area contributed by atoms with Gasteiger partial charge in [0, 0.05) is 29.8 Å². The number of carbonyl (C=O) groups excluding carboxylic acids is 1. The molecule has 144 valence electrons. The summed E-state index contributed by atoms with van der Waals surface area (Å²) in [6, 6.07) is 6.92. The van der Waals surface area contributed by atoms with Crippen LogP contribution in [0.5, 0.6) is 11.5 Å². The summed E-state index contributed by atoms with van der Waals surface area (Å²) >= 11 is 0. The van der Waals surface area contributed by atoms with Gasteiger partial charge < -0.3 is 14.4 Å². The Kier molecular flexibility index (Phi) is 6.07. The van der Waals surface area contributed by atoms with E-state index in [1.54, 1.807) is 14.2 Å². The van der Waals surface area contributed by atoms with Gasteiger partial charge in [-0.1, -0.05) is 6.07 Å². The molecule has 3 atom stereocenters. The van der Waals surface area contributed by atoms with Gasteiger partial charge in [0.15, 0.2) is 0 Å². The zero-order valence-corrected chi connectivity index (χ0v) is 16.5. The second-order valence-corrected chi connectivity index (χ2v) is 7.67. The molecule has 0 spiro atoms. The van der Waals surface area contributed by atoms with Crippen LogP contribution in [0.4, 0.5) is 0 Å². The molecule has 0 radical (unpaired) electrons. The number of benzene rings is 1. The smallest absolute Gasteiger partial charge is 0.237 e. The quantitative estimate of drug-likeness (QED) is 0.804. The van der Waals surface area contributed by atoms with E-state index in [0.717, 1.165) is 49.3 Å². The first-order chi connectivity index (χ1) is 12.5. The molecule has 2 heterocycles. The topological polar surface area (TPSA) is 42.0 Å². The summed E-state index contributed by atoms with van der Waals surface area (Å²) in [6.07, 6.45) is 5.62. The number of amides is 1. The highest BCUT2D eigenvalue weighted by Gasteiger charge is 2.34. The maximum Gasteiger partial charge on any atom is 0.237 e. The van der Waals surface area contributed by atoms with Gasteiger partial charge in [-0.2, -0.15) is 0 Å². The van der Waals surface area contributed by atoms with E-state index in [9.17, 15) is 4.79 Å². The Balaban J connectivity index is 1.75. The Morgan fingerprint density at radius 3 is 2.46 bits per heavy atom. The first-order valence-electron chi connectivity index (χ1n) is 9.82. The Bertz CT molecular complexity index is 624. The number of nitrogens with zero attached hydrogens (tertiary/aromatic N) is 2. The lowest BCUT2D eigenvalue weighted by Crippen LogP contribution is -2.51. The molecule has 1 amide bonds. The third kappa shape index (κ3) is 3.83. The van der Waals surface area contributed by atoms with Crippen LogP contribution < -0.4 is 9.47 Å². The van der Waals surface area contributed by atoms with Gasteiger partial charge in [-0.15, -0.1) is 0 Å². The minimum absolute atomic E-state index is 0.232. The van der Waals surface area contributed by atoms with Gasteiger partial charge in [0.1, 0.15) is 11.5 Å². The van der Waals surface area contributed by atoms with Crippen molar-refractivity contribution in [2.75, 3.05) is 27.3 Å². The molecule has 0 saturated carbocycles. The molecule has 0 N–H and O–H groups in total. The molecule has 26 heavy (non-hydrogen) atoms. The first kappa shape index (κ1) is 19.0. The van der Waals surface area contributed by atoms with Crippen LogP contribution in [0, 0.1) is 0 Å². The fourth-order valence-corrected chi connectivity index (χ4v) is 4.63. The zero-order valence-electron chi connectivity index (χ0n) is 16.5. The van der Waals surface area contributed by atoms with Crippen molar-refractivity contribution in [1.82, 2.24) is 9.80 Å². The lowest BCUT2D eigenvalue weighted by atomic mass is 9.97. The van der Waals surface area contributed by atoms with E-state index in [1.807, 2.05) is 12.1 Å². The van der Waals surface area contributed by atoms with E-state index >= 15 is 0 Å². The molecule has 5 nitrogen and oxygen atoms in total. The minimum atomic E-state index is 0.232. The maximum absolute atomic E-state index is 13.0. The third-order valence-electron chi connectivity index (χ3n) is 5.98. The van der Waals surface area contributed by atoms with Gasteiger partial charge in [-0.25, -0.2) is 0 Å². The van der Waals surface area contributed by atoms with Crippen molar-refractivity contribution in [3.63, 3.8) is 0 Å². The second-order valence-electron chi connectivity index (χ2n) is 7.67. The lowest BCUT2D eigenvalue weighted by molar-refractivity contribution is -0.138. The summed E-state index contributed by atoms with van der Waals surface area (Å²) in [5.41, 5.74) is 1.15. The maximum atomic E-state index is 13.0. The highest BCUT2D eigenvalue weighted by Crippen LogP contribution is 2.38. The van der Waals surface area contributed by atoms with Crippen molar-refractivity contribution < 1.29 is 14.3 Å². The number of hydrogen-bond acceptors (Lipinski definition) is 4. The monoisotopic (exact) mass is 360 g/mol. The molecule has 0 aromatic heterocycles. The van der Waals surface area contributed by atoms with Crippen molar-refractivity contribution in [3.8, 4) is 11.5 Å². The summed E-state index contributed by atoms with van der Waals surface area (Å²) in [6.45, 7) is 5.82. The van der Waals surface area contributed by atoms with Crippen LogP contribution in [0.3, 0.4) is 0 Å². The van der Waals surface area contributed by atoms with Crippen LogP contribution in [0.25, 0.3) is 0 Å². The standard InChI is InChI=1S/C21H32N2O3/c1-15-7-5-8-16(2)23(15)21(24)14-22-12-6-9-19(22)18-11-10-17(25-3)13-20(18)26-4/h10-11,13,15-16,19H,5-9,12,14H2,1-4H3/t15-,16+,19-/m0/s1. The fraction of sp³-hybridized carbons (Fsp3) is 0.667. The molecule has 1 aromatic rings. The average Bonchev–Trinajstić information content (AvgIpc) is 3.08. The molecule has 2 saturated heterocycles. The Morgan fingerprint density at radius 2 is 1.81 bits per heavy atom. The van der Waals surface area contributed by atoms with Crippen molar-refractivity contribution in [3.05, 3.63) is 23.8 Å². The SMILES string of the molecule is COc1ccc([C@@H]2CCCN2CC(=O)N2[C@H](C)CCC[C@@H]2C)c(OC)c1. The van der Waals surface area contributed by atoms with E-state index in [4.69, 9.17) is 9.47 Å². The summed E-state index contributed by atoms with van der Waals surface area (Å²) < 4.78 is 10.9. The number of methoxy groups -OCH3 is 2. The Labute approximate surface area is 157 Å². The van der Waals surface area contributed by atoms with Crippen LogP contribution in [0.15, 0.2) is 18.2 Å². The molecule has 5 heteroatoms. The molecular formula is C21H32N2O3. The summed E-state index contributed by atoms with van der Waals surface area (Å²) in [4.78, 5) is 17.5. The van der Waals surface area contributed by atoms with Gasteiger partial charge in [-0.3, -0.25) is 9.69 Å². The predicted molar refractivity (Wildman–Crippen MR) is 103 cm³/mol. The van der Waals surface area contributed by atoms with Crippen LogP contribution in [-0.2, 0) is 4.79 Å². The van der Waals surface area contributed by atoms with E-state index in [-0.39, 0.29) is 11.9 Å². The Morgan fingerprint density at radius 1 is 1.08 bits per heavy atom. The molecule has 2 aliphatic heterocycles. The molecule has 0 bridgehead atoms. The van der Waals surface area contributed by atoms with Gasteiger partial charge in [0.2, 0.25) is 5.91 Å². The molecule has 1 aromatic carbocycles. The predicted octanol–water partition coefficient (Wildman–Crippen LogP) is 3.63. The number of rotatable bonds is 5. The normalized spacial score (nSPS) is 26.8. The largest absolute Gasteiger partial charge is 0.497 e. The van der Waals surface area contributed by atoms with Crippen molar-refractivity contribution >= 4 is 5.91 Å². The number of carbonyl (C=O) groups is 1. The van der Waals surface area contributed by atoms with Gasteiger partial charge in [0.05, 0.1) is 20.8 Å². The molecular weight excluding hydrogens is 328 g/mol. The van der Waals surface area contributed by atoms with E-state index in [0.29, 0.717) is 18.6 Å². The van der Waals surface area contributed by atoms with Gasteiger partial charge in [-0.05, 0) is 58.6 Å². The summed E-state index contributed by atoms with van der Waals surface area (Å²) in [7, 11) is 3.36. The first-order valence-corrected chi connectivity index (χ1v) is 9.82. The highest BCUT2D eigenvalue weighted by atomic mass is 16.5. The molecule has 0 aliphatic carbocycles. The van der Waals surface area contributed by atoms with Crippen LogP contribution >= 0.6 is 0 Å². The zero-order chi connectivity index (χ0) is 18.7. The third-order valence-corrected chi connectivity index (χ3v) is 5.98. The minimum Gasteiger partial charge on any atom is -0.497 e. The van der Waals surface area contributed by atoms with E-state index in [1.165, 1.54) is 6.42 Å². The number of hydrogen-bond donors (Lipinski definition) is 0. The highest BCUT2D eigenvalue weighted by molar-refractivity contribution is 5.79. The van der Waals surface area contributed by atoms with Crippen molar-refractivity contribution in [2.24, 2.45) is 0 Å². The van der Waals surface area contributed by atoms with Gasteiger partial charge in [0.25, 0.3) is 0 Å². The molecule has 2 aliphatic rings. The van der Waals surface area contributed by atoms with Crippen LogP contribution in [0.1, 0.15) is 57.6 Å². The number of piperidine rings is 1. The second kappa shape index (κ2) is 8.30. The van der Waals surface area contributed by atoms with E-state index in [2.05, 4.69) is 29.7 Å². The Hall–Kier alpha value is -1.75. The van der Waals surface area contributed by atoms with Crippen molar-refractivity contribution in [1.29, 1.82) is 0 Å². The van der Waals surface area contributed by atoms with E-state index < -0.39 is 0 Å². The fourth-order valence-electron chi connectivity index (χ4n) is 4.63. The van der Waals surface area contributed by atoms with Crippen LogP contribution in [0.2, 0.25) is 0 Å². The number of ether oxygens (including phenoxy) is 2. The van der Waals surface area contributed by atoms with Gasteiger partial charge >= 0.3 is 0 Å². The number of likely N-dealkylation sites (tertiary alicyclic amines) is 2. The van der Waals surface area contributed by atoms with Crippen molar-refractivity contribution in [2.45, 2.75) is 64.1 Å². The molecule has 3 rings (SSSR count). The molecule has 0 unspecified atom stereocenters. The lowest BCUT2D eigenvalue weighted by Gasteiger charge is -2.40. The average molecular weight is 360 g/mol. The summed E-state index contributed by atoms with van der Waals surface area (Å²) in [5.74, 6) is 1.90. The summed E-state index contributed by atoms with van der Waals surface area (Å²) in [5, 5.41) is 0. The molecule has 2 fully saturated rings. The van der Waals surface area contributed by atoms with Crippen LogP contribution in [-0.4, -0.2) is 55.1 Å².